The standard InChI is InChI=1S/C33H30N2O5/c1-37-30-16-21-9-11-35-25-12-18-2-5-22(6-3-18)38-27-14-19(4-7-26(27)36)13-24-23-17-29-28(15-20(23)8-10-34-24)39-32(30)33(40-29)31(21)25/h2-7,14-17,24-25,34-36H,8-13H2,1H3. The van der Waals surface area contributed by atoms with E-state index in [4.69, 9.17) is 18.9 Å². The van der Waals surface area contributed by atoms with Crippen LogP contribution in [0.15, 0.2) is 60.7 Å². The van der Waals surface area contributed by atoms with E-state index in [-0.39, 0.29) is 17.8 Å². The number of methoxy groups -OCH3 is 1. The molecule has 0 saturated carbocycles. The molecular formula is C33H30N2O5. The quantitative estimate of drug-likeness (QED) is 0.234. The van der Waals surface area contributed by atoms with Crippen LogP contribution in [-0.4, -0.2) is 25.3 Å². The van der Waals surface area contributed by atoms with Crippen LogP contribution in [0.2, 0.25) is 0 Å². The van der Waals surface area contributed by atoms with Crippen LogP contribution in [-0.2, 0) is 25.7 Å². The zero-order chi connectivity index (χ0) is 26.8. The third-order valence-corrected chi connectivity index (χ3v) is 8.52. The number of rotatable bonds is 1. The molecule has 202 valence electrons. The minimum absolute atomic E-state index is 0.0481. The highest BCUT2D eigenvalue weighted by Crippen LogP contribution is 2.55. The number of phenols is 1. The van der Waals surface area contributed by atoms with Crippen molar-refractivity contribution in [3.8, 4) is 46.0 Å². The second-order valence-electron chi connectivity index (χ2n) is 11.0. The fraction of sp³-hybridized carbons (Fsp3) is 0.273. The lowest BCUT2D eigenvalue weighted by Gasteiger charge is -2.34. The molecule has 40 heavy (non-hydrogen) atoms. The maximum absolute atomic E-state index is 10.6. The SMILES string of the molecule is COc1cc2c3c4c1Oc1cc5c(cc1O4)C(Cc1ccc(O)c(c1)Oc1ccc(cc1)CC3NCC2)NCC5. The molecule has 2 atom stereocenters. The summed E-state index contributed by atoms with van der Waals surface area (Å²) in [5, 5.41) is 17.9. The fourth-order valence-electron chi connectivity index (χ4n) is 6.55. The number of phenolic OH excluding ortho intramolecular Hbond substituents is 1. The molecule has 0 saturated heterocycles. The summed E-state index contributed by atoms with van der Waals surface area (Å²) in [5.41, 5.74) is 7.03. The van der Waals surface area contributed by atoms with E-state index in [0.717, 1.165) is 67.1 Å². The Kier molecular flexibility index (Phi) is 5.43. The average Bonchev–Trinajstić information content (AvgIpc) is 2.97. The van der Waals surface area contributed by atoms with Gasteiger partial charge in [0.15, 0.2) is 34.5 Å². The Hall–Kier alpha value is -4.20. The lowest BCUT2D eigenvalue weighted by atomic mass is 9.88. The van der Waals surface area contributed by atoms with Crippen molar-refractivity contribution in [3.05, 3.63) is 94.0 Å². The summed E-state index contributed by atoms with van der Waals surface area (Å²) in [7, 11) is 1.69. The van der Waals surface area contributed by atoms with Gasteiger partial charge >= 0.3 is 0 Å². The molecule has 0 radical (unpaired) electrons. The molecule has 9 rings (SSSR count). The van der Waals surface area contributed by atoms with Gasteiger partial charge in [0.05, 0.1) is 7.11 Å². The first-order valence-corrected chi connectivity index (χ1v) is 13.9. The van der Waals surface area contributed by atoms with Gasteiger partial charge in [0.25, 0.3) is 0 Å². The summed E-state index contributed by atoms with van der Waals surface area (Å²) in [4.78, 5) is 0. The molecule has 7 nitrogen and oxygen atoms in total. The number of fused-ring (bicyclic) bond motifs is 2. The van der Waals surface area contributed by atoms with E-state index in [9.17, 15) is 5.11 Å². The highest BCUT2D eigenvalue weighted by Gasteiger charge is 2.35. The molecule has 0 aliphatic carbocycles. The molecule has 7 bridgehead atoms. The highest BCUT2D eigenvalue weighted by molar-refractivity contribution is 5.67. The molecule has 0 fully saturated rings. The largest absolute Gasteiger partial charge is 0.504 e. The molecule has 0 aromatic heterocycles. The summed E-state index contributed by atoms with van der Waals surface area (Å²) in [6, 6.07) is 20.2. The summed E-state index contributed by atoms with van der Waals surface area (Å²) >= 11 is 0. The minimum Gasteiger partial charge on any atom is -0.504 e. The third kappa shape index (κ3) is 3.88. The normalized spacial score (nSPS) is 20.0. The molecule has 5 heterocycles. The zero-order valence-electron chi connectivity index (χ0n) is 22.3. The minimum atomic E-state index is 0.0481. The molecule has 0 amide bonds. The van der Waals surface area contributed by atoms with Crippen molar-refractivity contribution in [1.82, 2.24) is 10.6 Å². The predicted molar refractivity (Wildman–Crippen MR) is 151 cm³/mol. The van der Waals surface area contributed by atoms with Gasteiger partial charge in [-0.25, -0.2) is 0 Å². The van der Waals surface area contributed by atoms with Crippen molar-refractivity contribution >= 4 is 0 Å². The van der Waals surface area contributed by atoms with Crippen LogP contribution >= 0.6 is 0 Å². The molecule has 5 aliphatic heterocycles. The molecule has 3 N–H and O–H groups in total. The van der Waals surface area contributed by atoms with Crippen molar-refractivity contribution in [3.63, 3.8) is 0 Å². The summed E-state index contributed by atoms with van der Waals surface area (Å²) in [6.07, 6.45) is 3.31. The van der Waals surface area contributed by atoms with Crippen LogP contribution in [0.5, 0.6) is 46.0 Å². The average molecular weight is 535 g/mol. The summed E-state index contributed by atoms with van der Waals surface area (Å²) < 4.78 is 25.3. The van der Waals surface area contributed by atoms with Gasteiger partial charge in [-0.2, -0.15) is 0 Å². The van der Waals surface area contributed by atoms with Crippen LogP contribution in [0.4, 0.5) is 0 Å². The molecule has 2 unspecified atom stereocenters. The van der Waals surface area contributed by atoms with E-state index in [0.29, 0.717) is 23.0 Å². The van der Waals surface area contributed by atoms with E-state index in [2.05, 4.69) is 41.0 Å². The number of benzene rings is 4. The van der Waals surface area contributed by atoms with Crippen molar-refractivity contribution in [2.75, 3.05) is 20.2 Å². The molecular weight excluding hydrogens is 504 g/mol. The van der Waals surface area contributed by atoms with E-state index in [1.165, 1.54) is 22.3 Å². The second-order valence-corrected chi connectivity index (χ2v) is 11.0. The molecule has 7 heteroatoms. The van der Waals surface area contributed by atoms with Crippen LogP contribution in [0.3, 0.4) is 0 Å². The first-order chi connectivity index (χ1) is 19.6. The van der Waals surface area contributed by atoms with Gasteiger partial charge in [0.1, 0.15) is 5.75 Å². The summed E-state index contributed by atoms with van der Waals surface area (Å²) in [6.45, 7) is 1.74. The predicted octanol–water partition coefficient (Wildman–Crippen LogP) is 6.26. The topological polar surface area (TPSA) is 81.2 Å². The zero-order valence-corrected chi connectivity index (χ0v) is 22.3. The van der Waals surface area contributed by atoms with Gasteiger partial charge in [-0.3, -0.25) is 0 Å². The Morgan fingerprint density at radius 2 is 1.45 bits per heavy atom. The van der Waals surface area contributed by atoms with E-state index >= 15 is 0 Å². The van der Waals surface area contributed by atoms with Crippen LogP contribution in [0.25, 0.3) is 0 Å². The van der Waals surface area contributed by atoms with Crippen LogP contribution in [0.1, 0.15) is 45.5 Å². The monoisotopic (exact) mass is 534 g/mol. The Morgan fingerprint density at radius 1 is 0.725 bits per heavy atom. The van der Waals surface area contributed by atoms with Gasteiger partial charge in [-0.15, -0.1) is 0 Å². The molecule has 4 aromatic rings. The Balaban J connectivity index is 1.31. The Morgan fingerprint density at radius 3 is 2.30 bits per heavy atom. The fourth-order valence-corrected chi connectivity index (χ4v) is 6.55. The second kappa shape index (κ2) is 9.18. The van der Waals surface area contributed by atoms with Gasteiger partial charge in [-0.1, -0.05) is 18.2 Å². The highest BCUT2D eigenvalue weighted by atomic mass is 16.6. The van der Waals surface area contributed by atoms with Crippen molar-refractivity contribution < 1.29 is 24.1 Å². The first-order valence-electron chi connectivity index (χ1n) is 13.9. The van der Waals surface area contributed by atoms with E-state index in [1.807, 2.05) is 24.3 Å². The molecule has 0 spiro atoms. The lowest BCUT2D eigenvalue weighted by molar-refractivity contribution is 0.318. The van der Waals surface area contributed by atoms with Crippen molar-refractivity contribution in [1.29, 1.82) is 0 Å². The van der Waals surface area contributed by atoms with Crippen LogP contribution in [0, 0.1) is 0 Å². The van der Waals surface area contributed by atoms with E-state index in [1.54, 1.807) is 13.2 Å². The molecule has 5 aliphatic rings. The summed E-state index contributed by atoms with van der Waals surface area (Å²) in [5.74, 6) is 4.79. The van der Waals surface area contributed by atoms with Crippen LogP contribution < -0.4 is 29.6 Å². The maximum atomic E-state index is 10.6. The number of hydrogen-bond acceptors (Lipinski definition) is 7. The maximum Gasteiger partial charge on any atom is 0.212 e. The van der Waals surface area contributed by atoms with Gasteiger partial charge in [0, 0.05) is 17.6 Å². The third-order valence-electron chi connectivity index (χ3n) is 8.52. The number of hydrogen-bond donors (Lipinski definition) is 3. The van der Waals surface area contributed by atoms with Gasteiger partial charge < -0.3 is 34.7 Å². The smallest absolute Gasteiger partial charge is 0.212 e. The number of aromatic hydroxyl groups is 1. The van der Waals surface area contributed by atoms with Gasteiger partial charge in [-0.05, 0) is 109 Å². The molecule has 4 aromatic carbocycles. The van der Waals surface area contributed by atoms with Crippen molar-refractivity contribution in [2.45, 2.75) is 37.8 Å². The van der Waals surface area contributed by atoms with Gasteiger partial charge in [0.2, 0.25) is 5.75 Å². The number of ether oxygens (including phenoxy) is 4. The Labute approximate surface area is 232 Å². The Bertz CT molecular complexity index is 1650. The van der Waals surface area contributed by atoms with Crippen molar-refractivity contribution in [2.24, 2.45) is 0 Å². The van der Waals surface area contributed by atoms with E-state index < -0.39 is 0 Å². The first kappa shape index (κ1) is 23.7. The number of nitrogens with one attached hydrogen (secondary N) is 2. The lowest BCUT2D eigenvalue weighted by Crippen LogP contribution is -2.32.